The summed E-state index contributed by atoms with van der Waals surface area (Å²) in [5, 5.41) is 0. The molecule has 0 amide bonds. The molecule has 0 aliphatic carbocycles. The fourth-order valence-electron chi connectivity index (χ4n) is 3.49. The highest BCUT2D eigenvalue weighted by atomic mass is 19.1. The van der Waals surface area contributed by atoms with E-state index in [9.17, 15) is 4.39 Å². The van der Waals surface area contributed by atoms with Crippen molar-refractivity contribution in [3.05, 3.63) is 52.6 Å². The fourth-order valence-corrected chi connectivity index (χ4v) is 3.49. The molecule has 4 rings (SSSR count). The first kappa shape index (κ1) is 16.3. The van der Waals surface area contributed by atoms with Crippen LogP contribution in [-0.4, -0.2) is 38.7 Å². The molecule has 2 aliphatic heterocycles. The average molecular weight is 339 g/mol. The minimum absolute atomic E-state index is 0.390. The minimum Gasteiger partial charge on any atom is -0.294 e. The quantitative estimate of drug-likeness (QED) is 0.807. The number of aliphatic imine (C=N–C) groups is 1. The molecule has 6 heteroatoms. The molecule has 0 radical (unpaired) electrons. The van der Waals surface area contributed by atoms with Gasteiger partial charge in [-0.05, 0) is 37.8 Å². The predicted molar refractivity (Wildman–Crippen MR) is 94.0 cm³/mol. The van der Waals surface area contributed by atoms with E-state index in [2.05, 4.69) is 19.9 Å². The molecule has 0 saturated carbocycles. The molecule has 2 aromatic rings. The van der Waals surface area contributed by atoms with Crippen molar-refractivity contribution < 1.29 is 4.39 Å². The smallest absolute Gasteiger partial charge is 0.215 e. The van der Waals surface area contributed by atoms with Gasteiger partial charge in [0.15, 0.2) is 5.82 Å². The van der Waals surface area contributed by atoms with Crippen molar-refractivity contribution in [1.29, 1.82) is 0 Å². The van der Waals surface area contributed by atoms with Crippen LogP contribution in [0, 0.1) is 12.9 Å². The molecule has 4 heterocycles. The largest absolute Gasteiger partial charge is 0.294 e. The van der Waals surface area contributed by atoms with Crippen LogP contribution in [0.5, 0.6) is 0 Å². The lowest BCUT2D eigenvalue weighted by atomic mass is 10.0. The summed E-state index contributed by atoms with van der Waals surface area (Å²) in [6.07, 6.45) is 7.82. The molecule has 0 N–H and O–H groups in total. The first-order valence-corrected chi connectivity index (χ1v) is 8.91. The second kappa shape index (κ2) is 6.96. The first-order valence-electron chi connectivity index (χ1n) is 8.91. The number of pyridine rings is 1. The summed E-state index contributed by atoms with van der Waals surface area (Å²) in [5.74, 6) is 0.421. The monoisotopic (exact) mass is 339 g/mol. The highest BCUT2D eigenvalue weighted by molar-refractivity contribution is 5.97. The van der Waals surface area contributed by atoms with Crippen LogP contribution < -0.4 is 0 Å². The lowest BCUT2D eigenvalue weighted by Crippen LogP contribution is -2.31. The van der Waals surface area contributed by atoms with Crippen molar-refractivity contribution in [3.8, 4) is 0 Å². The number of halogens is 1. The molecular formula is C19H22FN5. The van der Waals surface area contributed by atoms with Crippen molar-refractivity contribution >= 4 is 5.71 Å². The number of hydrogen-bond acceptors (Lipinski definition) is 5. The molecule has 0 fully saturated rings. The normalized spacial score (nSPS) is 17.9. The molecule has 5 nitrogen and oxygen atoms in total. The van der Waals surface area contributed by atoms with Gasteiger partial charge in [-0.25, -0.2) is 15.0 Å². The van der Waals surface area contributed by atoms with Crippen LogP contribution in [0.4, 0.5) is 4.39 Å². The second-order valence-electron chi connectivity index (χ2n) is 6.86. The molecule has 2 aliphatic rings. The molecule has 25 heavy (non-hydrogen) atoms. The van der Waals surface area contributed by atoms with Gasteiger partial charge in [-0.1, -0.05) is 0 Å². The molecule has 0 atom stereocenters. The highest BCUT2D eigenvalue weighted by Gasteiger charge is 2.20. The Morgan fingerprint density at radius 1 is 1.16 bits per heavy atom. The molecule has 0 aromatic carbocycles. The zero-order valence-corrected chi connectivity index (χ0v) is 14.5. The summed E-state index contributed by atoms with van der Waals surface area (Å²) in [4.78, 5) is 20.1. The summed E-state index contributed by atoms with van der Waals surface area (Å²) in [7, 11) is 0. The van der Waals surface area contributed by atoms with Gasteiger partial charge in [-0.15, -0.1) is 0 Å². The predicted octanol–water partition coefficient (Wildman–Crippen LogP) is 2.85. The number of aryl methyl sites for hydroxylation is 1. The summed E-state index contributed by atoms with van der Waals surface area (Å²) in [6.45, 7) is 5.17. The molecule has 0 unspecified atom stereocenters. The lowest BCUT2D eigenvalue weighted by molar-refractivity contribution is 0.242. The van der Waals surface area contributed by atoms with E-state index in [0.717, 1.165) is 61.8 Å². The Kier molecular flexibility index (Phi) is 4.53. The van der Waals surface area contributed by atoms with E-state index in [1.165, 1.54) is 18.4 Å². The van der Waals surface area contributed by atoms with Gasteiger partial charge in [-0.3, -0.25) is 9.89 Å². The molecule has 130 valence electrons. The van der Waals surface area contributed by atoms with Crippen LogP contribution in [0.1, 0.15) is 47.5 Å². The van der Waals surface area contributed by atoms with Crippen molar-refractivity contribution in [2.75, 3.05) is 13.1 Å². The molecule has 0 bridgehead atoms. The topological polar surface area (TPSA) is 54.3 Å². The van der Waals surface area contributed by atoms with Crippen LogP contribution in [0.2, 0.25) is 0 Å². The Morgan fingerprint density at radius 3 is 2.88 bits per heavy atom. The van der Waals surface area contributed by atoms with E-state index in [-0.39, 0.29) is 5.95 Å². The molecule has 0 saturated heterocycles. The lowest BCUT2D eigenvalue weighted by Gasteiger charge is -2.28. The van der Waals surface area contributed by atoms with Gasteiger partial charge in [0.1, 0.15) is 0 Å². The van der Waals surface area contributed by atoms with Gasteiger partial charge in [0.05, 0.1) is 11.4 Å². The maximum absolute atomic E-state index is 13.3. The first-order chi connectivity index (χ1) is 12.2. The van der Waals surface area contributed by atoms with Crippen LogP contribution in [-0.2, 0) is 19.5 Å². The van der Waals surface area contributed by atoms with E-state index < -0.39 is 0 Å². The van der Waals surface area contributed by atoms with Gasteiger partial charge in [0.25, 0.3) is 0 Å². The zero-order chi connectivity index (χ0) is 17.2. The van der Waals surface area contributed by atoms with E-state index in [1.54, 1.807) is 13.1 Å². The standard InChI is InChI=1S/C19H22FN5/c1-13-8-14(9-22-18(13)20)11-25-7-5-16-15(12-25)10-23-19(24-16)17-4-2-3-6-21-17/h8-10H,2-7,11-12H2,1H3. The van der Waals surface area contributed by atoms with E-state index in [1.807, 2.05) is 12.3 Å². The summed E-state index contributed by atoms with van der Waals surface area (Å²) in [6, 6.07) is 1.87. The maximum Gasteiger partial charge on any atom is 0.215 e. The Bertz CT molecular complexity index is 817. The van der Waals surface area contributed by atoms with Crippen molar-refractivity contribution in [3.63, 3.8) is 0 Å². The molecule has 0 spiro atoms. The Morgan fingerprint density at radius 2 is 2.08 bits per heavy atom. The van der Waals surface area contributed by atoms with Crippen LogP contribution in [0.3, 0.4) is 0 Å². The van der Waals surface area contributed by atoms with E-state index in [0.29, 0.717) is 5.56 Å². The number of nitrogens with zero attached hydrogens (tertiary/aromatic N) is 5. The number of hydrogen-bond donors (Lipinski definition) is 0. The van der Waals surface area contributed by atoms with Crippen LogP contribution in [0.15, 0.2) is 23.5 Å². The maximum atomic E-state index is 13.3. The zero-order valence-electron chi connectivity index (χ0n) is 14.5. The average Bonchev–Trinajstić information content (AvgIpc) is 2.65. The SMILES string of the molecule is Cc1cc(CN2CCc3nc(C4=NCCCC4)ncc3C2)cnc1F. The van der Waals surface area contributed by atoms with Crippen molar-refractivity contribution in [1.82, 2.24) is 19.9 Å². The number of fused-ring (bicyclic) bond motifs is 1. The third-order valence-corrected chi connectivity index (χ3v) is 4.87. The van der Waals surface area contributed by atoms with E-state index >= 15 is 0 Å². The van der Waals surface area contributed by atoms with Gasteiger partial charge in [0.2, 0.25) is 5.95 Å². The summed E-state index contributed by atoms with van der Waals surface area (Å²) in [5.41, 5.74) is 5.01. The minimum atomic E-state index is -0.390. The van der Waals surface area contributed by atoms with Gasteiger partial charge in [0, 0.05) is 56.1 Å². The Hall–Kier alpha value is -2.21. The third-order valence-electron chi connectivity index (χ3n) is 4.87. The Balaban J connectivity index is 1.48. The summed E-state index contributed by atoms with van der Waals surface area (Å²) < 4.78 is 13.3. The number of rotatable bonds is 3. The van der Waals surface area contributed by atoms with Gasteiger partial charge >= 0.3 is 0 Å². The third kappa shape index (κ3) is 3.58. The van der Waals surface area contributed by atoms with Crippen LogP contribution in [0.25, 0.3) is 0 Å². The van der Waals surface area contributed by atoms with Crippen molar-refractivity contribution in [2.24, 2.45) is 4.99 Å². The molecular weight excluding hydrogens is 317 g/mol. The molecule has 2 aromatic heterocycles. The Labute approximate surface area is 147 Å². The fraction of sp³-hybridized carbons (Fsp3) is 0.474. The van der Waals surface area contributed by atoms with Gasteiger partial charge in [-0.2, -0.15) is 4.39 Å². The summed E-state index contributed by atoms with van der Waals surface area (Å²) >= 11 is 0. The van der Waals surface area contributed by atoms with Gasteiger partial charge < -0.3 is 0 Å². The highest BCUT2D eigenvalue weighted by Crippen LogP contribution is 2.20. The van der Waals surface area contributed by atoms with Crippen molar-refractivity contribution in [2.45, 2.75) is 45.7 Å². The second-order valence-corrected chi connectivity index (χ2v) is 6.86. The number of aromatic nitrogens is 3. The van der Waals surface area contributed by atoms with Crippen LogP contribution >= 0.6 is 0 Å². The van der Waals surface area contributed by atoms with E-state index in [4.69, 9.17) is 4.98 Å².